The fourth-order valence-electron chi connectivity index (χ4n) is 5.66. The van der Waals surface area contributed by atoms with Crippen molar-refractivity contribution in [3.8, 4) is 11.1 Å². The van der Waals surface area contributed by atoms with Gasteiger partial charge in [-0.25, -0.2) is 12.2 Å². The number of hydrogen-bond donors (Lipinski definition) is 0. The van der Waals surface area contributed by atoms with Gasteiger partial charge in [-0.1, -0.05) is 83.6 Å². The van der Waals surface area contributed by atoms with E-state index in [4.69, 9.17) is 0 Å². The zero-order valence-corrected chi connectivity index (χ0v) is 29.4. The zero-order chi connectivity index (χ0) is 31.1. The molecule has 0 saturated heterocycles. The molecule has 42 heavy (non-hydrogen) atoms. The minimum absolute atomic E-state index is 0.0472. The van der Waals surface area contributed by atoms with Crippen LogP contribution >= 0.6 is 0 Å². The van der Waals surface area contributed by atoms with Crippen molar-refractivity contribution in [1.29, 1.82) is 0 Å². The van der Waals surface area contributed by atoms with Crippen LogP contribution in [0.2, 0.25) is 0 Å². The monoisotopic (exact) mass is 628 g/mol. The van der Waals surface area contributed by atoms with E-state index < -0.39 is 0 Å². The van der Waals surface area contributed by atoms with E-state index in [1.807, 2.05) is 30.3 Å². The van der Waals surface area contributed by atoms with Crippen molar-refractivity contribution in [2.45, 2.75) is 79.1 Å². The van der Waals surface area contributed by atoms with E-state index in [2.05, 4.69) is 132 Å². The predicted molar refractivity (Wildman–Crippen MR) is 181 cm³/mol. The number of allylic oxidation sites excluding steroid dienone is 6. The van der Waals surface area contributed by atoms with Crippen LogP contribution in [0.3, 0.4) is 0 Å². The number of fused-ring (bicyclic) bond motifs is 5. The summed E-state index contributed by atoms with van der Waals surface area (Å²) in [5.41, 5.74) is 13.4. The van der Waals surface area contributed by atoms with Crippen molar-refractivity contribution in [2.75, 3.05) is 0 Å². The van der Waals surface area contributed by atoms with Crippen LogP contribution in [0.25, 0.3) is 23.3 Å². The second kappa shape index (κ2) is 14.2. The van der Waals surface area contributed by atoms with Gasteiger partial charge in [0.15, 0.2) is 0 Å². The Kier molecular flexibility index (Phi) is 11.5. The molecule has 0 spiro atoms. The second-order valence-corrected chi connectivity index (χ2v) is 12.9. The van der Waals surface area contributed by atoms with Gasteiger partial charge < -0.3 is 6.92 Å². The molecule has 0 N–H and O–H groups in total. The Labute approximate surface area is 271 Å². The third-order valence-corrected chi connectivity index (χ3v) is 8.03. The van der Waals surface area contributed by atoms with Crippen LogP contribution in [0.15, 0.2) is 78.4 Å². The zero-order valence-electron chi connectivity index (χ0n) is 26.9. The molecule has 0 aromatic heterocycles. The molecule has 1 heteroatoms. The molecule has 4 aliphatic rings. The standard InChI is InChI=1S/C23H21.C9H13.C6H5.C2H5.CH2.Zr/c1-22(2)7-5-14-10-18-16(12-20(14)22)9-17-13-21-15(11-19(17)18)6-8-23(21,3)4;1-9(2,3)8-6-4-5-7-8;1-2-4-6-5-3-1;1-2;;/h5-7,10-13H,9H2,1-4H3;6-7H,4H2,1-3H3;1-5H;1H2,2H3;1H2;/q4*-1;;. The summed E-state index contributed by atoms with van der Waals surface area (Å²) in [4.78, 5) is 0. The first-order valence-electron chi connectivity index (χ1n) is 14.9. The Balaban J connectivity index is 0.000000210. The minimum Gasteiger partial charge on any atom is -0.184 e. The third-order valence-electron chi connectivity index (χ3n) is 8.03. The summed E-state index contributed by atoms with van der Waals surface area (Å²) in [5.74, 6) is 0. The number of benzene rings is 3. The van der Waals surface area contributed by atoms with Crippen molar-refractivity contribution in [1.82, 2.24) is 0 Å². The van der Waals surface area contributed by atoms with E-state index >= 15 is 0 Å². The van der Waals surface area contributed by atoms with Gasteiger partial charge in [0.1, 0.15) is 0 Å². The maximum Gasteiger partial charge on any atom is -0.171 e. The van der Waals surface area contributed by atoms with Crippen molar-refractivity contribution in [3.05, 3.63) is 137 Å². The van der Waals surface area contributed by atoms with Gasteiger partial charge in [-0.2, -0.15) is 60.5 Å². The normalized spacial score (nSPS) is 16.4. The molecule has 0 atom stereocenters. The molecule has 0 unspecified atom stereocenters. The second-order valence-electron chi connectivity index (χ2n) is 12.9. The molecule has 0 fully saturated rings. The van der Waals surface area contributed by atoms with E-state index in [1.165, 1.54) is 74.3 Å². The Hall–Kier alpha value is -2.63. The van der Waals surface area contributed by atoms with Crippen LogP contribution in [-0.4, -0.2) is 4.21 Å². The van der Waals surface area contributed by atoms with E-state index in [1.54, 1.807) is 6.92 Å². The third kappa shape index (κ3) is 7.65. The van der Waals surface area contributed by atoms with E-state index in [9.17, 15) is 0 Å². The summed E-state index contributed by atoms with van der Waals surface area (Å²) in [5, 5.41) is 0. The van der Waals surface area contributed by atoms with E-state index in [0.29, 0.717) is 5.41 Å². The topological polar surface area (TPSA) is 0 Å². The summed E-state index contributed by atoms with van der Waals surface area (Å²) in [6, 6.07) is 22.2. The molecule has 0 nitrogen and oxygen atoms in total. The van der Waals surface area contributed by atoms with Crippen molar-refractivity contribution >= 4 is 16.4 Å². The summed E-state index contributed by atoms with van der Waals surface area (Å²) >= 11 is 1.30. The van der Waals surface area contributed by atoms with Gasteiger partial charge in [0, 0.05) is 5.41 Å². The Bertz CT molecular complexity index is 1380. The first kappa shape index (κ1) is 33.9. The minimum atomic E-state index is 0.0472. The van der Waals surface area contributed by atoms with Gasteiger partial charge in [0.25, 0.3) is 0 Å². The van der Waals surface area contributed by atoms with Gasteiger partial charge in [-0.05, 0) is 45.9 Å². The molecule has 0 amide bonds. The Morgan fingerprint density at radius 2 is 1.40 bits per heavy atom. The average molecular weight is 630 g/mol. The fraction of sp³-hybridized carbons (Fsp3) is 0.317. The van der Waals surface area contributed by atoms with Crippen molar-refractivity contribution in [3.63, 3.8) is 0 Å². The molecule has 0 aliphatic heterocycles. The quantitative estimate of drug-likeness (QED) is 0.170. The van der Waals surface area contributed by atoms with Crippen LogP contribution < -0.4 is 0 Å². The predicted octanol–water partition coefficient (Wildman–Crippen LogP) is 10.7. The summed E-state index contributed by atoms with van der Waals surface area (Å²) in [7, 11) is 0. The van der Waals surface area contributed by atoms with Crippen LogP contribution in [0.5, 0.6) is 0 Å². The van der Waals surface area contributed by atoms with Gasteiger partial charge in [-0.15, -0.1) is 18.1 Å². The fourth-order valence-corrected chi connectivity index (χ4v) is 5.66. The largest absolute Gasteiger partial charge is 0.184 e. The van der Waals surface area contributed by atoms with Crippen LogP contribution in [0.1, 0.15) is 95.2 Å². The molecule has 3 aromatic carbocycles. The van der Waals surface area contributed by atoms with E-state index in [-0.39, 0.29) is 10.8 Å². The van der Waals surface area contributed by atoms with Crippen LogP contribution in [0.4, 0.5) is 0 Å². The summed E-state index contributed by atoms with van der Waals surface area (Å²) in [6.45, 7) is 20.8. The van der Waals surface area contributed by atoms with Gasteiger partial charge in [0.05, 0.1) is 0 Å². The SMILES string of the molecule is CC(C)(C)C1=CC[C-]=C1.CC1(C)[C-]=Cc2cc3c(cc21)Cc1cc2c(cc1-3)C=CC2(C)C.[CH2-]C.[CH2]=[Zr].[c-]1ccccc1. The Morgan fingerprint density at radius 1 is 0.810 bits per heavy atom. The number of rotatable bonds is 0. The summed E-state index contributed by atoms with van der Waals surface area (Å²) < 4.78 is 3.34. The van der Waals surface area contributed by atoms with Crippen molar-refractivity contribution in [2.24, 2.45) is 5.41 Å². The van der Waals surface area contributed by atoms with E-state index in [0.717, 1.165) is 12.8 Å². The van der Waals surface area contributed by atoms with Gasteiger partial charge in [-0.3, -0.25) is 12.2 Å². The molecule has 0 bridgehead atoms. The number of hydrogen-bond acceptors (Lipinski definition) is 0. The summed E-state index contributed by atoms with van der Waals surface area (Å²) in [6.07, 6.45) is 19.9. The van der Waals surface area contributed by atoms with Crippen molar-refractivity contribution < 1.29 is 24.2 Å². The molecule has 0 saturated carbocycles. The molecule has 0 radical (unpaired) electrons. The van der Waals surface area contributed by atoms with Gasteiger partial charge >= 0.3 is 28.4 Å². The molecule has 7 rings (SSSR count). The Morgan fingerprint density at radius 3 is 1.88 bits per heavy atom. The first-order valence-corrected chi connectivity index (χ1v) is 16.6. The smallest absolute Gasteiger partial charge is 0.171 e. The maximum absolute atomic E-state index is 3.50. The molecular formula is C41H46Zr-4. The first-order chi connectivity index (χ1) is 20.0. The molecule has 4 aliphatic carbocycles. The van der Waals surface area contributed by atoms with Crippen LogP contribution in [-0.2, 0) is 41.5 Å². The molecule has 218 valence electrons. The maximum atomic E-state index is 3.50. The van der Waals surface area contributed by atoms with Gasteiger partial charge in [0.2, 0.25) is 0 Å². The van der Waals surface area contributed by atoms with Crippen LogP contribution in [0, 0.1) is 30.6 Å². The molecule has 0 heterocycles. The molecular weight excluding hydrogens is 584 g/mol. The average Bonchev–Trinajstić information content (AvgIpc) is 3.77. The molecule has 3 aromatic rings.